The molecule has 114 valence electrons. The summed E-state index contributed by atoms with van der Waals surface area (Å²) in [5.41, 5.74) is 5.82. The van der Waals surface area contributed by atoms with Gasteiger partial charge in [0.15, 0.2) is 0 Å². The maximum Gasteiger partial charge on any atom is 0.318 e. The summed E-state index contributed by atoms with van der Waals surface area (Å²) < 4.78 is 0. The lowest BCUT2D eigenvalue weighted by molar-refractivity contribution is -0.121. The van der Waals surface area contributed by atoms with Crippen LogP contribution in [0.15, 0.2) is 18.3 Å². The van der Waals surface area contributed by atoms with Crippen molar-refractivity contribution in [2.45, 2.75) is 13.3 Å². The molecule has 0 atom stereocenters. The zero-order chi connectivity index (χ0) is 15.8. The topological polar surface area (TPSA) is 117 Å². The van der Waals surface area contributed by atoms with Gasteiger partial charge < -0.3 is 11.1 Å². The Morgan fingerprint density at radius 2 is 2.05 bits per heavy atom. The van der Waals surface area contributed by atoms with Gasteiger partial charge in [-0.25, -0.2) is 9.78 Å². The van der Waals surface area contributed by atoms with Gasteiger partial charge >= 0.3 is 6.03 Å². The van der Waals surface area contributed by atoms with Crippen molar-refractivity contribution in [3.63, 3.8) is 0 Å². The summed E-state index contributed by atoms with van der Waals surface area (Å²) >= 11 is 0. The molecule has 1 heterocycles. The van der Waals surface area contributed by atoms with Crippen LogP contribution in [0.5, 0.6) is 0 Å². The number of nitrogens with one attached hydrogen (secondary N) is 2. The second-order valence-corrected chi connectivity index (χ2v) is 4.67. The quantitative estimate of drug-likeness (QED) is 0.674. The first kappa shape index (κ1) is 16.6. The minimum absolute atomic E-state index is 0.0788. The number of rotatable bonds is 6. The lowest BCUT2D eigenvalue weighted by Gasteiger charge is -2.15. The molecule has 0 aliphatic rings. The van der Waals surface area contributed by atoms with Crippen molar-refractivity contribution in [2.24, 2.45) is 5.73 Å². The first-order valence-electron chi connectivity index (χ1n) is 6.37. The van der Waals surface area contributed by atoms with E-state index in [0.29, 0.717) is 12.4 Å². The Morgan fingerprint density at radius 1 is 1.33 bits per heavy atom. The Labute approximate surface area is 122 Å². The van der Waals surface area contributed by atoms with Gasteiger partial charge in [0.25, 0.3) is 0 Å². The summed E-state index contributed by atoms with van der Waals surface area (Å²) in [7, 11) is 1.70. The highest BCUT2D eigenvalue weighted by atomic mass is 16.2. The van der Waals surface area contributed by atoms with Crippen LogP contribution in [0.3, 0.4) is 0 Å². The third kappa shape index (κ3) is 7.02. The monoisotopic (exact) mass is 293 g/mol. The number of carbonyl (C=O) groups excluding carboxylic acids is 3. The van der Waals surface area contributed by atoms with Crippen molar-refractivity contribution in [1.82, 2.24) is 15.2 Å². The summed E-state index contributed by atoms with van der Waals surface area (Å²) in [5.74, 6) is -0.221. The number of hydrogen-bond acceptors (Lipinski definition) is 5. The summed E-state index contributed by atoms with van der Waals surface area (Å²) in [6.07, 6.45) is 1.69. The number of aryl methyl sites for hydroxylation is 1. The van der Waals surface area contributed by atoms with Crippen LogP contribution in [-0.2, 0) is 9.59 Å². The zero-order valence-corrected chi connectivity index (χ0v) is 12.0. The van der Waals surface area contributed by atoms with Gasteiger partial charge in [-0.15, -0.1) is 0 Å². The van der Waals surface area contributed by atoms with Crippen molar-refractivity contribution in [2.75, 3.05) is 25.5 Å². The van der Waals surface area contributed by atoms with Crippen molar-refractivity contribution in [3.05, 3.63) is 23.9 Å². The second-order valence-electron chi connectivity index (χ2n) is 4.67. The Balaban J connectivity index is 2.34. The van der Waals surface area contributed by atoms with E-state index in [-0.39, 0.29) is 18.9 Å². The van der Waals surface area contributed by atoms with E-state index in [9.17, 15) is 14.4 Å². The maximum absolute atomic E-state index is 11.8. The van der Waals surface area contributed by atoms with Gasteiger partial charge in [-0.2, -0.15) is 0 Å². The maximum atomic E-state index is 11.8. The fourth-order valence-corrected chi connectivity index (χ4v) is 1.60. The molecule has 0 saturated carbocycles. The molecule has 0 radical (unpaired) electrons. The number of likely N-dealkylation sites (N-methyl/N-ethyl adjacent to an activating group) is 1. The largest absolute Gasteiger partial charge is 0.351 e. The number of primary amides is 1. The van der Waals surface area contributed by atoms with Crippen LogP contribution in [0.2, 0.25) is 0 Å². The molecule has 4 N–H and O–H groups in total. The van der Waals surface area contributed by atoms with Crippen LogP contribution in [0.25, 0.3) is 0 Å². The Bertz CT molecular complexity index is 532. The van der Waals surface area contributed by atoms with Crippen molar-refractivity contribution < 1.29 is 14.4 Å². The smallest absolute Gasteiger partial charge is 0.318 e. The van der Waals surface area contributed by atoms with E-state index in [1.54, 1.807) is 24.2 Å². The van der Waals surface area contributed by atoms with Crippen LogP contribution in [-0.4, -0.2) is 47.9 Å². The molecule has 0 bridgehead atoms. The molecule has 8 nitrogen and oxygen atoms in total. The Morgan fingerprint density at radius 3 is 2.67 bits per heavy atom. The number of carbonyl (C=O) groups is 3. The van der Waals surface area contributed by atoms with E-state index < -0.39 is 11.9 Å². The van der Waals surface area contributed by atoms with Gasteiger partial charge in [0.05, 0.1) is 6.54 Å². The molecule has 1 aromatic heterocycles. The molecule has 1 aromatic rings. The van der Waals surface area contributed by atoms with Gasteiger partial charge in [-0.3, -0.25) is 19.8 Å². The molecule has 0 spiro atoms. The fraction of sp³-hybridized carbons (Fsp3) is 0.385. The third-order valence-electron chi connectivity index (χ3n) is 2.58. The molecule has 0 aliphatic heterocycles. The van der Waals surface area contributed by atoms with Gasteiger partial charge in [0.1, 0.15) is 5.82 Å². The summed E-state index contributed by atoms with van der Waals surface area (Å²) in [4.78, 5) is 39.2. The lowest BCUT2D eigenvalue weighted by Crippen LogP contribution is -2.38. The lowest BCUT2D eigenvalue weighted by atomic mass is 10.3. The first-order chi connectivity index (χ1) is 9.86. The first-order valence-corrected chi connectivity index (χ1v) is 6.37. The third-order valence-corrected chi connectivity index (χ3v) is 2.58. The van der Waals surface area contributed by atoms with Crippen molar-refractivity contribution in [3.8, 4) is 0 Å². The molecular formula is C13H19N5O3. The van der Waals surface area contributed by atoms with Crippen molar-refractivity contribution in [1.29, 1.82) is 0 Å². The molecule has 1 rings (SSSR count). The zero-order valence-electron chi connectivity index (χ0n) is 12.0. The molecule has 0 saturated heterocycles. The average molecular weight is 293 g/mol. The number of nitrogens with two attached hydrogens (primary N) is 1. The standard InChI is InChI=1S/C13H19N5O3/c1-9-3-5-15-10(7-9)16-12(20)8-18(2)6-4-11(19)17-13(14)21/h3,5,7H,4,6,8H2,1-2H3,(H,15,16,20)(H3,14,17,19,21). The average Bonchev–Trinajstić information content (AvgIpc) is 2.35. The second kappa shape index (κ2) is 7.95. The van der Waals surface area contributed by atoms with E-state index >= 15 is 0 Å². The number of urea groups is 1. The Kier molecular flexibility index (Phi) is 6.28. The predicted octanol–water partition coefficient (Wildman–Crippen LogP) is -0.155. The molecule has 21 heavy (non-hydrogen) atoms. The molecule has 0 fully saturated rings. The van der Waals surface area contributed by atoms with Gasteiger partial charge in [-0.05, 0) is 31.7 Å². The number of nitrogens with zero attached hydrogens (tertiary/aromatic N) is 2. The molecule has 4 amide bonds. The van der Waals surface area contributed by atoms with Crippen LogP contribution >= 0.6 is 0 Å². The van der Waals surface area contributed by atoms with Gasteiger partial charge in [-0.1, -0.05) is 0 Å². The number of anilines is 1. The van der Waals surface area contributed by atoms with Crippen molar-refractivity contribution >= 4 is 23.7 Å². The predicted molar refractivity (Wildman–Crippen MR) is 77.4 cm³/mol. The summed E-state index contributed by atoms with van der Waals surface area (Å²) in [6, 6.07) is 2.71. The number of aromatic nitrogens is 1. The Hall–Kier alpha value is -2.48. The SMILES string of the molecule is Cc1ccnc(NC(=O)CN(C)CCC(=O)NC(N)=O)c1. The highest BCUT2D eigenvalue weighted by molar-refractivity contribution is 5.93. The summed E-state index contributed by atoms with van der Waals surface area (Å²) in [5, 5.41) is 4.63. The van der Waals surface area contributed by atoms with E-state index in [0.717, 1.165) is 5.56 Å². The number of amides is 4. The van der Waals surface area contributed by atoms with E-state index in [2.05, 4.69) is 10.3 Å². The van der Waals surface area contributed by atoms with E-state index in [1.165, 1.54) is 0 Å². The van der Waals surface area contributed by atoms with Crippen LogP contribution in [0, 0.1) is 6.92 Å². The highest BCUT2D eigenvalue weighted by Crippen LogP contribution is 2.05. The van der Waals surface area contributed by atoms with E-state index in [4.69, 9.17) is 5.73 Å². The molecule has 8 heteroatoms. The number of hydrogen-bond donors (Lipinski definition) is 3. The van der Waals surface area contributed by atoms with Crippen LogP contribution in [0.1, 0.15) is 12.0 Å². The molecular weight excluding hydrogens is 274 g/mol. The van der Waals surface area contributed by atoms with Gasteiger partial charge in [0, 0.05) is 19.2 Å². The van der Waals surface area contributed by atoms with Crippen LogP contribution < -0.4 is 16.4 Å². The minimum Gasteiger partial charge on any atom is -0.351 e. The minimum atomic E-state index is -0.883. The van der Waals surface area contributed by atoms with Crippen LogP contribution in [0.4, 0.5) is 10.6 Å². The van der Waals surface area contributed by atoms with E-state index in [1.807, 2.05) is 18.3 Å². The fourth-order valence-electron chi connectivity index (χ4n) is 1.60. The molecule has 0 aliphatic carbocycles. The molecule has 0 unspecified atom stereocenters. The number of imide groups is 1. The summed E-state index contributed by atoms with van der Waals surface area (Å²) in [6.45, 7) is 2.34. The van der Waals surface area contributed by atoms with Gasteiger partial charge in [0.2, 0.25) is 11.8 Å². The highest BCUT2D eigenvalue weighted by Gasteiger charge is 2.10. The number of pyridine rings is 1. The molecule has 0 aromatic carbocycles. The normalized spacial score (nSPS) is 10.2.